The van der Waals surface area contributed by atoms with E-state index in [1.807, 2.05) is 0 Å². The highest BCUT2D eigenvalue weighted by Gasteiger charge is 2.15. The van der Waals surface area contributed by atoms with E-state index in [1.54, 1.807) is 0 Å². The minimum absolute atomic E-state index is 1.08. The van der Waals surface area contributed by atoms with E-state index >= 15 is 0 Å². The van der Waals surface area contributed by atoms with Crippen LogP contribution in [0.5, 0.6) is 0 Å². The standard InChI is InChI=1S/C34H24N2/c1-2-11-25(12-3-1)28-16-6-8-19-32(28)36-33-20-9-7-17-29(33)30-23-26(21-22-34(30)36)35-31-18-10-14-24-13-4-5-15-27(24)31/h1-23,35H. The summed E-state index contributed by atoms with van der Waals surface area (Å²) in [7, 11) is 0. The van der Waals surface area contributed by atoms with E-state index in [2.05, 4.69) is 149 Å². The van der Waals surface area contributed by atoms with Crippen molar-refractivity contribution in [1.29, 1.82) is 0 Å². The summed E-state index contributed by atoms with van der Waals surface area (Å²) >= 11 is 0. The van der Waals surface area contributed by atoms with Crippen LogP contribution in [-0.4, -0.2) is 4.57 Å². The zero-order chi connectivity index (χ0) is 23.9. The highest BCUT2D eigenvalue weighted by Crippen LogP contribution is 2.37. The van der Waals surface area contributed by atoms with Gasteiger partial charge in [0.05, 0.1) is 16.7 Å². The molecule has 0 unspecified atom stereocenters. The third-order valence-electron chi connectivity index (χ3n) is 6.97. The van der Waals surface area contributed by atoms with E-state index in [0.29, 0.717) is 0 Å². The predicted molar refractivity (Wildman–Crippen MR) is 153 cm³/mol. The van der Waals surface area contributed by atoms with Crippen molar-refractivity contribution in [1.82, 2.24) is 4.57 Å². The Hall–Kier alpha value is -4.82. The first-order valence-corrected chi connectivity index (χ1v) is 12.3. The third-order valence-corrected chi connectivity index (χ3v) is 6.97. The van der Waals surface area contributed by atoms with E-state index < -0.39 is 0 Å². The van der Waals surface area contributed by atoms with Crippen molar-refractivity contribution in [2.24, 2.45) is 0 Å². The molecule has 0 saturated carbocycles. The van der Waals surface area contributed by atoms with Crippen molar-refractivity contribution in [3.05, 3.63) is 140 Å². The summed E-state index contributed by atoms with van der Waals surface area (Å²) in [4.78, 5) is 0. The normalized spacial score (nSPS) is 11.3. The van der Waals surface area contributed by atoms with Gasteiger partial charge in [0.2, 0.25) is 0 Å². The maximum atomic E-state index is 3.68. The molecule has 1 N–H and O–H groups in total. The number of nitrogens with zero attached hydrogens (tertiary/aromatic N) is 1. The van der Waals surface area contributed by atoms with Crippen molar-refractivity contribution in [3.8, 4) is 16.8 Å². The smallest absolute Gasteiger partial charge is 0.0542 e. The molecule has 0 aliphatic carbocycles. The van der Waals surface area contributed by atoms with Gasteiger partial charge < -0.3 is 9.88 Å². The van der Waals surface area contributed by atoms with E-state index in [1.165, 1.54) is 49.4 Å². The maximum absolute atomic E-state index is 3.68. The second-order valence-corrected chi connectivity index (χ2v) is 9.12. The number of hydrogen-bond donors (Lipinski definition) is 1. The van der Waals surface area contributed by atoms with Gasteiger partial charge in [0.15, 0.2) is 0 Å². The number of hydrogen-bond acceptors (Lipinski definition) is 1. The molecule has 2 heteroatoms. The van der Waals surface area contributed by atoms with Gasteiger partial charge in [-0.15, -0.1) is 0 Å². The van der Waals surface area contributed by atoms with Crippen molar-refractivity contribution in [2.75, 3.05) is 5.32 Å². The average Bonchev–Trinajstić information content (AvgIpc) is 3.27. The number of fused-ring (bicyclic) bond motifs is 4. The Balaban J connectivity index is 1.43. The Kier molecular flexibility index (Phi) is 4.82. The Labute approximate surface area is 210 Å². The highest BCUT2D eigenvalue weighted by molar-refractivity contribution is 6.11. The molecule has 36 heavy (non-hydrogen) atoms. The van der Waals surface area contributed by atoms with Crippen molar-refractivity contribution in [2.45, 2.75) is 0 Å². The lowest BCUT2D eigenvalue weighted by molar-refractivity contribution is 1.18. The average molecular weight is 461 g/mol. The lowest BCUT2D eigenvalue weighted by atomic mass is 10.0. The first-order chi connectivity index (χ1) is 17.9. The molecule has 0 spiro atoms. The van der Waals surface area contributed by atoms with Gasteiger partial charge in [-0.1, -0.05) is 103 Å². The van der Waals surface area contributed by atoms with E-state index in [0.717, 1.165) is 11.4 Å². The number of rotatable bonds is 4. The quantitative estimate of drug-likeness (QED) is 0.277. The van der Waals surface area contributed by atoms with Crippen LogP contribution in [0.4, 0.5) is 11.4 Å². The van der Waals surface area contributed by atoms with E-state index in [-0.39, 0.29) is 0 Å². The van der Waals surface area contributed by atoms with E-state index in [9.17, 15) is 0 Å². The third kappa shape index (κ3) is 3.35. The van der Waals surface area contributed by atoms with Crippen LogP contribution in [0, 0.1) is 0 Å². The highest BCUT2D eigenvalue weighted by atomic mass is 15.0. The lowest BCUT2D eigenvalue weighted by Crippen LogP contribution is -1.97. The van der Waals surface area contributed by atoms with Gasteiger partial charge in [0.1, 0.15) is 0 Å². The number of benzene rings is 6. The molecular formula is C34H24N2. The van der Waals surface area contributed by atoms with Crippen LogP contribution in [0.25, 0.3) is 49.4 Å². The van der Waals surface area contributed by atoms with Crippen LogP contribution in [-0.2, 0) is 0 Å². The van der Waals surface area contributed by atoms with Gasteiger partial charge in [-0.3, -0.25) is 0 Å². The van der Waals surface area contributed by atoms with Crippen LogP contribution in [0.3, 0.4) is 0 Å². The molecule has 7 aromatic rings. The van der Waals surface area contributed by atoms with Gasteiger partial charge in [0, 0.05) is 33.1 Å². The zero-order valence-corrected chi connectivity index (χ0v) is 19.7. The number of aromatic nitrogens is 1. The van der Waals surface area contributed by atoms with Crippen LogP contribution >= 0.6 is 0 Å². The summed E-state index contributed by atoms with van der Waals surface area (Å²) in [6.45, 7) is 0. The monoisotopic (exact) mass is 460 g/mol. The first-order valence-electron chi connectivity index (χ1n) is 12.3. The molecule has 2 nitrogen and oxygen atoms in total. The minimum Gasteiger partial charge on any atom is -0.355 e. The summed E-state index contributed by atoms with van der Waals surface area (Å²) in [6.07, 6.45) is 0. The van der Waals surface area contributed by atoms with Crippen LogP contribution < -0.4 is 5.32 Å². The van der Waals surface area contributed by atoms with Crippen LogP contribution in [0.1, 0.15) is 0 Å². The Morgan fingerprint density at radius 2 is 1.17 bits per heavy atom. The van der Waals surface area contributed by atoms with Crippen LogP contribution in [0.15, 0.2) is 140 Å². The van der Waals surface area contributed by atoms with Crippen LogP contribution in [0.2, 0.25) is 0 Å². The molecule has 0 aliphatic rings. The first kappa shape index (κ1) is 20.5. The second-order valence-electron chi connectivity index (χ2n) is 9.12. The summed E-state index contributed by atoms with van der Waals surface area (Å²) in [5.41, 5.74) is 8.22. The van der Waals surface area contributed by atoms with Crippen molar-refractivity contribution < 1.29 is 0 Å². The molecule has 170 valence electrons. The Morgan fingerprint density at radius 3 is 2.08 bits per heavy atom. The van der Waals surface area contributed by atoms with Gasteiger partial charge >= 0.3 is 0 Å². The maximum Gasteiger partial charge on any atom is 0.0542 e. The number of para-hydroxylation sites is 2. The molecule has 0 bridgehead atoms. The molecule has 1 heterocycles. The molecular weight excluding hydrogens is 436 g/mol. The fourth-order valence-electron chi connectivity index (χ4n) is 5.33. The Morgan fingerprint density at radius 1 is 0.472 bits per heavy atom. The summed E-state index contributed by atoms with van der Waals surface area (Å²) in [6, 6.07) is 49.6. The fourth-order valence-corrected chi connectivity index (χ4v) is 5.33. The molecule has 6 aromatic carbocycles. The molecule has 0 saturated heterocycles. The minimum atomic E-state index is 1.08. The van der Waals surface area contributed by atoms with Crippen molar-refractivity contribution in [3.63, 3.8) is 0 Å². The molecule has 0 fully saturated rings. The molecule has 0 aliphatic heterocycles. The predicted octanol–water partition coefficient (Wildman–Crippen LogP) is 9.35. The molecule has 0 atom stereocenters. The number of nitrogens with one attached hydrogen (secondary N) is 1. The summed E-state index contributed by atoms with van der Waals surface area (Å²) in [5, 5.41) is 8.62. The van der Waals surface area contributed by atoms with Gasteiger partial charge in [-0.2, -0.15) is 0 Å². The summed E-state index contributed by atoms with van der Waals surface area (Å²) in [5.74, 6) is 0. The van der Waals surface area contributed by atoms with Gasteiger partial charge in [-0.05, 0) is 47.3 Å². The molecule has 0 radical (unpaired) electrons. The topological polar surface area (TPSA) is 17.0 Å². The Bertz CT molecular complexity index is 1860. The largest absolute Gasteiger partial charge is 0.355 e. The summed E-state index contributed by atoms with van der Waals surface area (Å²) < 4.78 is 2.40. The SMILES string of the molecule is c1ccc(-c2ccccc2-n2c3ccccc3c3cc(Nc4cccc5ccccc45)ccc32)cc1. The van der Waals surface area contributed by atoms with Gasteiger partial charge in [0.25, 0.3) is 0 Å². The fraction of sp³-hybridized carbons (Fsp3) is 0. The molecule has 1 aromatic heterocycles. The molecule has 0 amide bonds. The van der Waals surface area contributed by atoms with Gasteiger partial charge in [-0.25, -0.2) is 0 Å². The van der Waals surface area contributed by atoms with Crippen molar-refractivity contribution >= 4 is 44.0 Å². The molecule has 7 rings (SSSR count). The zero-order valence-electron chi connectivity index (χ0n) is 19.7. The second kappa shape index (κ2) is 8.44. The lowest BCUT2D eigenvalue weighted by Gasteiger charge is -2.14. The number of anilines is 2. The van der Waals surface area contributed by atoms with E-state index in [4.69, 9.17) is 0 Å².